The largest absolute Gasteiger partial charge is 0.326 e. The first-order chi connectivity index (χ1) is 8.52. The third kappa shape index (κ3) is 2.38. The van der Waals surface area contributed by atoms with Gasteiger partial charge in [-0.15, -0.1) is 0 Å². The van der Waals surface area contributed by atoms with Crippen LogP contribution < -0.4 is 5.73 Å². The molecular weight excluding hydrogens is 229 g/mol. The van der Waals surface area contributed by atoms with Crippen LogP contribution in [0.15, 0.2) is 18.2 Å². The number of imidazole rings is 1. The molecule has 0 amide bonds. The van der Waals surface area contributed by atoms with Crippen molar-refractivity contribution in [3.8, 4) is 0 Å². The van der Waals surface area contributed by atoms with E-state index in [1.807, 2.05) is 6.92 Å². The minimum absolute atomic E-state index is 0.0980. The predicted octanol–water partition coefficient (Wildman–Crippen LogP) is 3.24. The zero-order valence-electron chi connectivity index (χ0n) is 11.2. The van der Waals surface area contributed by atoms with Gasteiger partial charge in [0.1, 0.15) is 11.6 Å². The van der Waals surface area contributed by atoms with Gasteiger partial charge in [-0.05, 0) is 24.5 Å². The molecule has 2 N–H and O–H groups in total. The Kier molecular flexibility index (Phi) is 3.66. The molecule has 0 spiro atoms. The molecule has 1 aromatic carbocycles. The molecule has 3 nitrogen and oxygen atoms in total. The molecule has 0 aliphatic carbocycles. The predicted molar refractivity (Wildman–Crippen MR) is 71.7 cm³/mol. The molecule has 2 rings (SSSR count). The van der Waals surface area contributed by atoms with Crippen molar-refractivity contribution in [2.75, 3.05) is 0 Å². The lowest BCUT2D eigenvalue weighted by Gasteiger charge is -2.15. The summed E-state index contributed by atoms with van der Waals surface area (Å²) < 4.78 is 15.4. The normalized spacial score (nSPS) is 13.4. The summed E-state index contributed by atoms with van der Waals surface area (Å²) in [5, 5.41) is 0. The summed E-state index contributed by atoms with van der Waals surface area (Å²) in [7, 11) is 0. The molecule has 0 fully saturated rings. The Balaban J connectivity index is 2.60. The molecule has 0 aliphatic heterocycles. The molecule has 0 bridgehead atoms. The van der Waals surface area contributed by atoms with E-state index in [2.05, 4.69) is 23.4 Å². The first kappa shape index (κ1) is 13.0. The number of hydrogen-bond acceptors (Lipinski definition) is 2. The standard InChI is InChI=1S/C14H20FN3/c1-4-11(16)14-17-12-7-10(15)5-6-13(12)18(14)8-9(2)3/h5-7,9,11H,4,8,16H2,1-3H3. The van der Waals surface area contributed by atoms with Gasteiger partial charge < -0.3 is 10.3 Å². The van der Waals surface area contributed by atoms with E-state index in [0.29, 0.717) is 11.4 Å². The van der Waals surface area contributed by atoms with E-state index < -0.39 is 0 Å². The van der Waals surface area contributed by atoms with Crippen LogP contribution in [0.3, 0.4) is 0 Å². The van der Waals surface area contributed by atoms with Gasteiger partial charge in [-0.3, -0.25) is 0 Å². The third-order valence-corrected chi connectivity index (χ3v) is 3.06. The van der Waals surface area contributed by atoms with Crippen LogP contribution in [0.4, 0.5) is 4.39 Å². The number of nitrogens with two attached hydrogens (primary N) is 1. The smallest absolute Gasteiger partial charge is 0.126 e. The van der Waals surface area contributed by atoms with Crippen molar-refractivity contribution in [1.29, 1.82) is 0 Å². The van der Waals surface area contributed by atoms with Crippen LogP contribution in [0, 0.1) is 11.7 Å². The average molecular weight is 249 g/mol. The van der Waals surface area contributed by atoms with Crippen molar-refractivity contribution in [1.82, 2.24) is 9.55 Å². The molecule has 2 aromatic rings. The summed E-state index contributed by atoms with van der Waals surface area (Å²) in [6.45, 7) is 7.18. The van der Waals surface area contributed by atoms with Crippen LogP contribution in [-0.4, -0.2) is 9.55 Å². The summed E-state index contributed by atoms with van der Waals surface area (Å²) >= 11 is 0. The van der Waals surface area contributed by atoms with Gasteiger partial charge in [0.2, 0.25) is 0 Å². The van der Waals surface area contributed by atoms with E-state index >= 15 is 0 Å². The second kappa shape index (κ2) is 5.06. The van der Waals surface area contributed by atoms with Crippen LogP contribution in [0.25, 0.3) is 11.0 Å². The molecule has 0 radical (unpaired) electrons. The molecule has 98 valence electrons. The quantitative estimate of drug-likeness (QED) is 0.904. The first-order valence-corrected chi connectivity index (χ1v) is 6.44. The van der Waals surface area contributed by atoms with Gasteiger partial charge in [-0.1, -0.05) is 20.8 Å². The number of benzene rings is 1. The van der Waals surface area contributed by atoms with Crippen molar-refractivity contribution in [3.05, 3.63) is 29.8 Å². The molecule has 1 unspecified atom stereocenters. The van der Waals surface area contributed by atoms with Crippen molar-refractivity contribution >= 4 is 11.0 Å². The Hall–Kier alpha value is -1.42. The lowest BCUT2D eigenvalue weighted by molar-refractivity contribution is 0.494. The highest BCUT2D eigenvalue weighted by molar-refractivity contribution is 5.76. The first-order valence-electron chi connectivity index (χ1n) is 6.44. The Morgan fingerprint density at radius 1 is 1.39 bits per heavy atom. The van der Waals surface area contributed by atoms with Crippen molar-refractivity contribution in [2.24, 2.45) is 11.7 Å². The number of rotatable bonds is 4. The minimum Gasteiger partial charge on any atom is -0.326 e. The lowest BCUT2D eigenvalue weighted by Crippen LogP contribution is -2.17. The van der Waals surface area contributed by atoms with E-state index in [4.69, 9.17) is 5.73 Å². The van der Waals surface area contributed by atoms with E-state index in [9.17, 15) is 4.39 Å². The maximum atomic E-state index is 13.2. The highest BCUT2D eigenvalue weighted by Gasteiger charge is 2.16. The summed E-state index contributed by atoms with van der Waals surface area (Å²) in [5.41, 5.74) is 7.75. The zero-order chi connectivity index (χ0) is 13.3. The number of halogens is 1. The van der Waals surface area contributed by atoms with Crippen LogP contribution in [0.1, 0.15) is 39.1 Å². The van der Waals surface area contributed by atoms with E-state index in [1.54, 1.807) is 6.07 Å². The van der Waals surface area contributed by atoms with Crippen LogP contribution in [-0.2, 0) is 6.54 Å². The summed E-state index contributed by atoms with van der Waals surface area (Å²) in [6, 6.07) is 4.63. The number of fused-ring (bicyclic) bond motifs is 1. The average Bonchev–Trinajstić information content (AvgIpc) is 2.65. The van der Waals surface area contributed by atoms with Crippen LogP contribution in [0.2, 0.25) is 0 Å². The molecule has 0 aliphatic rings. The maximum Gasteiger partial charge on any atom is 0.126 e. The molecule has 18 heavy (non-hydrogen) atoms. The Bertz CT molecular complexity index is 545. The van der Waals surface area contributed by atoms with E-state index in [-0.39, 0.29) is 11.9 Å². The van der Waals surface area contributed by atoms with Crippen LogP contribution >= 0.6 is 0 Å². The summed E-state index contributed by atoms with van der Waals surface area (Å²) in [6.07, 6.45) is 0.823. The molecule has 4 heteroatoms. The van der Waals surface area contributed by atoms with Gasteiger partial charge in [-0.2, -0.15) is 0 Å². The minimum atomic E-state index is -0.256. The molecule has 1 aromatic heterocycles. The van der Waals surface area contributed by atoms with Gasteiger partial charge in [-0.25, -0.2) is 9.37 Å². The van der Waals surface area contributed by atoms with Gasteiger partial charge in [0.05, 0.1) is 17.1 Å². The third-order valence-electron chi connectivity index (χ3n) is 3.06. The van der Waals surface area contributed by atoms with Gasteiger partial charge in [0.25, 0.3) is 0 Å². The number of hydrogen-bond donors (Lipinski definition) is 1. The Labute approximate surface area is 107 Å². The highest BCUT2D eigenvalue weighted by Crippen LogP contribution is 2.23. The Morgan fingerprint density at radius 2 is 2.11 bits per heavy atom. The van der Waals surface area contributed by atoms with Crippen molar-refractivity contribution < 1.29 is 4.39 Å². The van der Waals surface area contributed by atoms with Crippen molar-refractivity contribution in [2.45, 2.75) is 39.8 Å². The second-order valence-electron chi connectivity index (χ2n) is 5.12. The molecule has 0 saturated carbocycles. The fourth-order valence-electron chi connectivity index (χ4n) is 2.14. The Morgan fingerprint density at radius 3 is 2.72 bits per heavy atom. The number of nitrogens with zero attached hydrogens (tertiary/aromatic N) is 2. The topological polar surface area (TPSA) is 43.8 Å². The summed E-state index contributed by atoms with van der Waals surface area (Å²) in [5.74, 6) is 1.09. The number of aromatic nitrogens is 2. The summed E-state index contributed by atoms with van der Waals surface area (Å²) in [4.78, 5) is 4.50. The van der Waals surface area contributed by atoms with Gasteiger partial charge in [0.15, 0.2) is 0 Å². The highest BCUT2D eigenvalue weighted by atomic mass is 19.1. The zero-order valence-corrected chi connectivity index (χ0v) is 11.2. The van der Waals surface area contributed by atoms with E-state index in [1.165, 1.54) is 12.1 Å². The molecule has 1 heterocycles. The van der Waals surface area contributed by atoms with Gasteiger partial charge in [0, 0.05) is 12.6 Å². The lowest BCUT2D eigenvalue weighted by atomic mass is 10.2. The fraction of sp³-hybridized carbons (Fsp3) is 0.500. The van der Waals surface area contributed by atoms with Gasteiger partial charge >= 0.3 is 0 Å². The fourth-order valence-corrected chi connectivity index (χ4v) is 2.14. The van der Waals surface area contributed by atoms with E-state index in [0.717, 1.165) is 24.3 Å². The monoisotopic (exact) mass is 249 g/mol. The van der Waals surface area contributed by atoms with Crippen molar-refractivity contribution in [3.63, 3.8) is 0 Å². The molecular formula is C14H20FN3. The molecule has 0 saturated heterocycles. The molecule has 1 atom stereocenters. The SMILES string of the molecule is CCC(N)c1nc2cc(F)ccc2n1CC(C)C. The second-order valence-corrected chi connectivity index (χ2v) is 5.12. The van der Waals surface area contributed by atoms with Crippen LogP contribution in [0.5, 0.6) is 0 Å². The maximum absolute atomic E-state index is 13.2.